The minimum absolute atomic E-state index is 0.00372. The molecule has 2 aliphatic heterocycles. The number of amides is 3. The zero-order valence-electron chi connectivity index (χ0n) is 25.1. The number of urea groups is 1. The van der Waals surface area contributed by atoms with Gasteiger partial charge in [-0.2, -0.15) is 26.3 Å². The monoisotopic (exact) mass is 656 g/mol. The standard InChI is InChI=1S/C30H31F7N6O3/c1-17(44)42-10-8-19(9-11-42)26-38-39-27(46-26)43-15-24(18-4-6-22(31)7-5-18)25(16-43)41(3)28(45)40(2)23-13-20(29(32,33)34)12-21(14-23)30(35,36)37/h4-7,12-14,19,24-25H,8-11,15-16H2,1-3H3. The van der Waals surface area contributed by atoms with E-state index < -0.39 is 53.0 Å². The van der Waals surface area contributed by atoms with Gasteiger partial charge in [-0.3, -0.25) is 9.69 Å². The van der Waals surface area contributed by atoms with E-state index in [1.165, 1.54) is 31.0 Å². The summed E-state index contributed by atoms with van der Waals surface area (Å²) in [4.78, 5) is 30.7. The lowest BCUT2D eigenvalue weighted by molar-refractivity contribution is -0.143. The molecule has 0 radical (unpaired) electrons. The number of anilines is 2. The van der Waals surface area contributed by atoms with Crippen molar-refractivity contribution in [3.63, 3.8) is 0 Å². The van der Waals surface area contributed by atoms with Gasteiger partial charge in [0.1, 0.15) is 5.82 Å². The van der Waals surface area contributed by atoms with Crippen LogP contribution < -0.4 is 9.80 Å². The smallest absolute Gasteiger partial charge is 0.408 e. The van der Waals surface area contributed by atoms with Gasteiger partial charge in [0.2, 0.25) is 11.8 Å². The lowest BCUT2D eigenvalue weighted by Crippen LogP contribution is -2.47. The largest absolute Gasteiger partial charge is 0.416 e. The number of carbonyl (C=O) groups excluding carboxylic acids is 2. The van der Waals surface area contributed by atoms with E-state index in [0.29, 0.717) is 49.5 Å². The van der Waals surface area contributed by atoms with Crippen molar-refractivity contribution in [2.24, 2.45) is 0 Å². The van der Waals surface area contributed by atoms with Crippen LogP contribution in [-0.2, 0) is 17.1 Å². The van der Waals surface area contributed by atoms with Gasteiger partial charge < -0.3 is 19.1 Å². The highest BCUT2D eigenvalue weighted by Crippen LogP contribution is 2.40. The number of aromatic nitrogens is 2. The van der Waals surface area contributed by atoms with Crippen LogP contribution in [0.15, 0.2) is 46.9 Å². The Kier molecular flexibility index (Phi) is 8.92. The molecule has 0 spiro atoms. The Morgan fingerprint density at radius 1 is 0.891 bits per heavy atom. The van der Waals surface area contributed by atoms with Crippen LogP contribution in [0.3, 0.4) is 0 Å². The van der Waals surface area contributed by atoms with Crippen molar-refractivity contribution in [1.29, 1.82) is 0 Å². The summed E-state index contributed by atoms with van der Waals surface area (Å²) in [5.41, 5.74) is -3.04. The minimum Gasteiger partial charge on any atom is -0.408 e. The molecular weight excluding hydrogens is 625 g/mol. The van der Waals surface area contributed by atoms with Gasteiger partial charge >= 0.3 is 24.4 Å². The first-order valence-electron chi connectivity index (χ1n) is 14.4. The summed E-state index contributed by atoms with van der Waals surface area (Å²) in [5, 5.41) is 8.41. The van der Waals surface area contributed by atoms with Crippen molar-refractivity contribution in [2.75, 3.05) is 50.1 Å². The number of halogens is 7. The summed E-state index contributed by atoms with van der Waals surface area (Å²) in [6, 6.07) is 5.19. The number of piperidine rings is 1. The second kappa shape index (κ2) is 12.4. The molecule has 2 fully saturated rings. The molecule has 5 rings (SSSR count). The van der Waals surface area contributed by atoms with Gasteiger partial charge in [-0.05, 0) is 48.7 Å². The Labute approximate surface area is 259 Å². The molecule has 2 atom stereocenters. The molecule has 2 aromatic carbocycles. The summed E-state index contributed by atoms with van der Waals surface area (Å²) in [7, 11) is 2.49. The molecule has 2 aliphatic rings. The maximum atomic E-state index is 13.8. The molecule has 2 unspecified atom stereocenters. The molecule has 46 heavy (non-hydrogen) atoms. The molecule has 9 nitrogen and oxygen atoms in total. The Balaban J connectivity index is 1.40. The molecular formula is C30H31F7N6O3. The summed E-state index contributed by atoms with van der Waals surface area (Å²) >= 11 is 0. The Morgan fingerprint density at radius 2 is 1.48 bits per heavy atom. The van der Waals surface area contributed by atoms with Crippen LogP contribution in [0.1, 0.15) is 54.2 Å². The van der Waals surface area contributed by atoms with E-state index in [0.717, 1.165) is 11.9 Å². The van der Waals surface area contributed by atoms with Crippen LogP contribution in [0, 0.1) is 5.82 Å². The molecule has 0 aliphatic carbocycles. The van der Waals surface area contributed by atoms with Crippen molar-refractivity contribution in [2.45, 2.75) is 50.0 Å². The molecule has 2 saturated heterocycles. The van der Waals surface area contributed by atoms with Crippen LogP contribution in [-0.4, -0.2) is 78.3 Å². The maximum Gasteiger partial charge on any atom is 0.416 e. The Hall–Kier alpha value is -4.37. The van der Waals surface area contributed by atoms with Crippen molar-refractivity contribution >= 4 is 23.6 Å². The van der Waals surface area contributed by atoms with Crippen molar-refractivity contribution < 1.29 is 44.7 Å². The quantitative estimate of drug-likeness (QED) is 0.307. The van der Waals surface area contributed by atoms with Crippen molar-refractivity contribution in [3.8, 4) is 0 Å². The van der Waals surface area contributed by atoms with Gasteiger partial charge in [-0.1, -0.05) is 17.2 Å². The highest BCUT2D eigenvalue weighted by molar-refractivity contribution is 5.92. The summed E-state index contributed by atoms with van der Waals surface area (Å²) in [6.45, 7) is 2.97. The Bertz CT molecular complexity index is 1540. The topological polar surface area (TPSA) is 86.0 Å². The van der Waals surface area contributed by atoms with E-state index in [9.17, 15) is 40.3 Å². The number of carbonyl (C=O) groups is 2. The highest BCUT2D eigenvalue weighted by Gasteiger charge is 2.42. The number of hydrogen-bond acceptors (Lipinski definition) is 6. The van der Waals surface area contributed by atoms with Crippen molar-refractivity contribution in [1.82, 2.24) is 20.0 Å². The third kappa shape index (κ3) is 6.89. The average Bonchev–Trinajstić information content (AvgIpc) is 3.68. The lowest BCUT2D eigenvalue weighted by atomic mass is 9.93. The zero-order chi connectivity index (χ0) is 33.6. The molecule has 248 valence electrons. The van der Waals surface area contributed by atoms with Gasteiger partial charge in [0.25, 0.3) is 0 Å². The second-order valence-corrected chi connectivity index (χ2v) is 11.6. The molecule has 3 aromatic rings. The third-order valence-electron chi connectivity index (χ3n) is 8.62. The van der Waals surface area contributed by atoms with Gasteiger partial charge in [-0.15, -0.1) is 5.10 Å². The lowest BCUT2D eigenvalue weighted by Gasteiger charge is -2.33. The van der Waals surface area contributed by atoms with Crippen LogP contribution >= 0.6 is 0 Å². The molecule has 0 saturated carbocycles. The first-order chi connectivity index (χ1) is 21.5. The number of hydrogen-bond donors (Lipinski definition) is 0. The first kappa shape index (κ1) is 33.0. The molecule has 0 N–H and O–H groups in total. The second-order valence-electron chi connectivity index (χ2n) is 11.6. The summed E-state index contributed by atoms with van der Waals surface area (Å²) < 4.78 is 101. The Morgan fingerprint density at radius 3 is 2.02 bits per heavy atom. The van der Waals surface area contributed by atoms with Gasteiger partial charge in [0, 0.05) is 64.7 Å². The zero-order valence-corrected chi connectivity index (χ0v) is 25.1. The van der Waals surface area contributed by atoms with Gasteiger partial charge in [0.05, 0.1) is 17.2 Å². The average molecular weight is 657 g/mol. The van der Waals surface area contributed by atoms with Crippen LogP contribution in [0.25, 0.3) is 0 Å². The maximum absolute atomic E-state index is 13.8. The number of nitrogens with zero attached hydrogens (tertiary/aromatic N) is 6. The van der Waals surface area contributed by atoms with Gasteiger partial charge in [0.15, 0.2) is 0 Å². The number of likely N-dealkylation sites (tertiary alicyclic amines) is 1. The van der Waals surface area contributed by atoms with Crippen LogP contribution in [0.5, 0.6) is 0 Å². The first-order valence-corrected chi connectivity index (χ1v) is 14.4. The number of benzene rings is 2. The van der Waals surface area contributed by atoms with E-state index in [1.807, 2.05) is 0 Å². The van der Waals surface area contributed by atoms with Crippen LogP contribution in [0.2, 0.25) is 0 Å². The third-order valence-corrected chi connectivity index (χ3v) is 8.62. The fourth-order valence-corrected chi connectivity index (χ4v) is 5.95. The number of alkyl halides is 6. The molecule has 0 bridgehead atoms. The van der Waals surface area contributed by atoms with E-state index in [4.69, 9.17) is 4.42 Å². The molecule has 3 amide bonds. The summed E-state index contributed by atoms with van der Waals surface area (Å²) in [5.74, 6) is -0.631. The predicted molar refractivity (Wildman–Crippen MR) is 152 cm³/mol. The van der Waals surface area contributed by atoms with E-state index in [-0.39, 0.29) is 37.0 Å². The van der Waals surface area contributed by atoms with E-state index in [2.05, 4.69) is 10.2 Å². The molecule has 3 heterocycles. The summed E-state index contributed by atoms with van der Waals surface area (Å²) in [6.07, 6.45) is -8.90. The fourth-order valence-electron chi connectivity index (χ4n) is 5.95. The number of likely N-dealkylation sites (N-methyl/N-ethyl adjacent to an activating group) is 1. The highest BCUT2D eigenvalue weighted by atomic mass is 19.4. The minimum atomic E-state index is -5.08. The SMILES string of the molecule is CC(=O)N1CCC(c2nnc(N3CC(c4ccc(F)cc4)C(N(C)C(=O)N(C)c4cc(C(F)(F)F)cc(C(F)(F)F)c4)C3)o2)CC1. The fraction of sp³-hybridized carbons (Fsp3) is 0.467. The van der Waals surface area contributed by atoms with E-state index >= 15 is 0 Å². The van der Waals surface area contributed by atoms with Gasteiger partial charge in [-0.25, -0.2) is 9.18 Å². The van der Waals surface area contributed by atoms with Crippen LogP contribution in [0.4, 0.5) is 47.2 Å². The number of rotatable bonds is 5. The predicted octanol–water partition coefficient (Wildman–Crippen LogP) is 6.13. The molecule has 1 aromatic heterocycles. The normalized spacial score (nSPS) is 19.4. The van der Waals surface area contributed by atoms with Crippen molar-refractivity contribution in [3.05, 3.63) is 70.9 Å². The molecule has 16 heteroatoms. The van der Waals surface area contributed by atoms with E-state index in [1.54, 1.807) is 21.9 Å².